The summed E-state index contributed by atoms with van der Waals surface area (Å²) < 4.78 is 28.3. The topological polar surface area (TPSA) is 103 Å². The van der Waals surface area contributed by atoms with Gasteiger partial charge in [-0.1, -0.05) is 35.1 Å². The molecule has 1 aromatic carbocycles. The Morgan fingerprint density at radius 3 is 2.81 bits per heavy atom. The molecule has 0 atom stereocenters. The summed E-state index contributed by atoms with van der Waals surface area (Å²) in [4.78, 5) is 0.128. The molecule has 0 aliphatic carbocycles. The van der Waals surface area contributed by atoms with Crippen molar-refractivity contribution in [3.63, 3.8) is 0 Å². The molecular weight excluding hydrogens is 334 g/mol. The van der Waals surface area contributed by atoms with Crippen LogP contribution in [0.15, 0.2) is 35.5 Å². The second-order valence-electron chi connectivity index (χ2n) is 4.07. The summed E-state index contributed by atoms with van der Waals surface area (Å²) in [6, 6.07) is 4.31. The number of benzene rings is 1. The highest BCUT2D eigenvalue weighted by Gasteiger charge is 2.18. The first kappa shape index (κ1) is 15.8. The molecule has 1 heterocycles. The Morgan fingerprint density at radius 2 is 2.24 bits per heavy atom. The largest absolute Gasteiger partial charge is 0.389 e. The molecule has 112 valence electrons. The molecule has 2 rings (SSSR count). The van der Waals surface area contributed by atoms with E-state index in [2.05, 4.69) is 15.0 Å². The number of halogens is 1. The second kappa shape index (κ2) is 6.48. The number of hydrogen-bond donors (Lipinski definition) is 2. The maximum Gasteiger partial charge on any atom is 0.242 e. The van der Waals surface area contributed by atoms with E-state index < -0.39 is 10.0 Å². The Labute approximate surface area is 132 Å². The zero-order chi connectivity index (χ0) is 15.5. The van der Waals surface area contributed by atoms with E-state index in [1.165, 1.54) is 29.1 Å². The maximum absolute atomic E-state index is 12.2. The van der Waals surface area contributed by atoms with Crippen molar-refractivity contribution in [3.05, 3.63) is 41.2 Å². The number of nitrogens with one attached hydrogen (secondary N) is 1. The van der Waals surface area contributed by atoms with Crippen LogP contribution in [0, 0.1) is 0 Å². The molecule has 0 saturated heterocycles. The molecule has 7 nitrogen and oxygen atoms in total. The van der Waals surface area contributed by atoms with Crippen molar-refractivity contribution in [1.29, 1.82) is 0 Å². The lowest BCUT2D eigenvalue weighted by Crippen LogP contribution is -2.28. The summed E-state index contributed by atoms with van der Waals surface area (Å²) in [5, 5.41) is 7.42. The summed E-state index contributed by atoms with van der Waals surface area (Å²) in [6.07, 6.45) is 3.15. The van der Waals surface area contributed by atoms with Gasteiger partial charge in [0.25, 0.3) is 0 Å². The minimum atomic E-state index is -3.71. The van der Waals surface area contributed by atoms with Gasteiger partial charge >= 0.3 is 0 Å². The zero-order valence-electron chi connectivity index (χ0n) is 10.7. The van der Waals surface area contributed by atoms with E-state index in [0.717, 1.165) is 0 Å². The molecule has 0 fully saturated rings. The van der Waals surface area contributed by atoms with Gasteiger partial charge in [-0.05, 0) is 12.1 Å². The number of thiocarbonyl (C=S) groups is 1. The molecule has 0 radical (unpaired) electrons. The zero-order valence-corrected chi connectivity index (χ0v) is 13.1. The molecule has 1 aromatic heterocycles. The average Bonchev–Trinajstić information content (AvgIpc) is 2.91. The minimum Gasteiger partial charge on any atom is -0.389 e. The van der Waals surface area contributed by atoms with Crippen LogP contribution in [0.3, 0.4) is 0 Å². The van der Waals surface area contributed by atoms with E-state index in [4.69, 9.17) is 29.6 Å². The lowest BCUT2D eigenvalue weighted by molar-refractivity contribution is 0.553. The van der Waals surface area contributed by atoms with Gasteiger partial charge in [0.1, 0.15) is 9.88 Å². The normalized spacial score (nSPS) is 11.5. The highest BCUT2D eigenvalue weighted by Crippen LogP contribution is 2.22. The molecule has 3 N–H and O–H groups in total. The molecule has 0 spiro atoms. The highest BCUT2D eigenvalue weighted by molar-refractivity contribution is 7.89. The smallest absolute Gasteiger partial charge is 0.242 e. The van der Waals surface area contributed by atoms with Crippen LogP contribution in [0.2, 0.25) is 5.02 Å². The van der Waals surface area contributed by atoms with Crippen LogP contribution in [-0.4, -0.2) is 34.9 Å². The number of nitrogens with zero attached hydrogens (tertiary/aromatic N) is 3. The molecule has 0 saturated carbocycles. The SMILES string of the molecule is NC(=S)c1ccc(S(=O)(=O)NCCn2ccnn2)c(Cl)c1. The Kier molecular flexibility index (Phi) is 4.88. The summed E-state index contributed by atoms with van der Waals surface area (Å²) in [6.45, 7) is 0.529. The monoisotopic (exact) mass is 345 g/mol. The van der Waals surface area contributed by atoms with Crippen molar-refractivity contribution >= 4 is 38.8 Å². The van der Waals surface area contributed by atoms with Crippen molar-refractivity contribution in [2.45, 2.75) is 11.4 Å². The van der Waals surface area contributed by atoms with Gasteiger partial charge in [0, 0.05) is 18.3 Å². The molecule has 0 bridgehead atoms. The molecule has 21 heavy (non-hydrogen) atoms. The van der Waals surface area contributed by atoms with Crippen LogP contribution in [0.1, 0.15) is 5.56 Å². The number of sulfonamides is 1. The van der Waals surface area contributed by atoms with Gasteiger partial charge in [-0.15, -0.1) is 5.10 Å². The van der Waals surface area contributed by atoms with Crippen LogP contribution >= 0.6 is 23.8 Å². The van der Waals surface area contributed by atoms with Gasteiger partial charge in [-0.25, -0.2) is 13.1 Å². The summed E-state index contributed by atoms with van der Waals surface area (Å²) in [5.41, 5.74) is 5.98. The van der Waals surface area contributed by atoms with E-state index in [0.29, 0.717) is 12.1 Å². The molecule has 0 amide bonds. The first-order valence-electron chi connectivity index (χ1n) is 5.83. The van der Waals surface area contributed by atoms with Crippen molar-refractivity contribution < 1.29 is 8.42 Å². The highest BCUT2D eigenvalue weighted by atomic mass is 35.5. The minimum absolute atomic E-state index is 0.0252. The van der Waals surface area contributed by atoms with Gasteiger partial charge in [-0.2, -0.15) is 0 Å². The van der Waals surface area contributed by atoms with E-state index in [9.17, 15) is 8.42 Å². The van der Waals surface area contributed by atoms with Crippen LogP contribution in [0.5, 0.6) is 0 Å². The predicted octanol–water partition coefficient (Wildman–Crippen LogP) is 0.544. The fraction of sp³-hybridized carbons (Fsp3) is 0.182. The molecule has 0 aliphatic heterocycles. The van der Waals surface area contributed by atoms with Crippen LogP contribution in [0.4, 0.5) is 0 Å². The van der Waals surface area contributed by atoms with Crippen LogP contribution < -0.4 is 10.5 Å². The fourth-order valence-corrected chi connectivity index (χ4v) is 3.29. The summed E-state index contributed by atoms with van der Waals surface area (Å²) in [7, 11) is -3.71. The maximum atomic E-state index is 12.2. The number of nitrogens with two attached hydrogens (primary N) is 1. The van der Waals surface area contributed by atoms with Crippen LogP contribution in [-0.2, 0) is 16.6 Å². The third kappa shape index (κ3) is 3.97. The van der Waals surface area contributed by atoms with Crippen molar-refractivity contribution in [2.75, 3.05) is 6.54 Å². The molecule has 0 aliphatic rings. The van der Waals surface area contributed by atoms with E-state index >= 15 is 0 Å². The van der Waals surface area contributed by atoms with Crippen LogP contribution in [0.25, 0.3) is 0 Å². The first-order chi connectivity index (χ1) is 9.90. The van der Waals surface area contributed by atoms with Gasteiger partial charge in [0.05, 0.1) is 17.8 Å². The quantitative estimate of drug-likeness (QED) is 0.741. The molecule has 10 heteroatoms. The van der Waals surface area contributed by atoms with E-state index in [-0.39, 0.29) is 21.5 Å². The Bertz CT molecular complexity index is 746. The third-order valence-corrected chi connectivity index (χ3v) is 4.79. The third-order valence-electron chi connectivity index (χ3n) is 2.61. The summed E-state index contributed by atoms with van der Waals surface area (Å²) >= 11 is 10.8. The summed E-state index contributed by atoms with van der Waals surface area (Å²) in [5.74, 6) is 0. The van der Waals surface area contributed by atoms with Gasteiger partial charge in [0.2, 0.25) is 10.0 Å². The van der Waals surface area contributed by atoms with Gasteiger partial charge in [0.15, 0.2) is 0 Å². The van der Waals surface area contributed by atoms with Gasteiger partial charge in [-0.3, -0.25) is 4.68 Å². The van der Waals surface area contributed by atoms with E-state index in [1.54, 1.807) is 6.20 Å². The fourth-order valence-electron chi connectivity index (χ4n) is 1.60. The average molecular weight is 346 g/mol. The molecule has 2 aromatic rings. The Morgan fingerprint density at radius 1 is 1.48 bits per heavy atom. The number of aromatic nitrogens is 3. The lowest BCUT2D eigenvalue weighted by atomic mass is 10.2. The van der Waals surface area contributed by atoms with Gasteiger partial charge < -0.3 is 5.73 Å². The number of rotatable bonds is 6. The van der Waals surface area contributed by atoms with Crippen molar-refractivity contribution in [1.82, 2.24) is 19.7 Å². The Balaban J connectivity index is 2.10. The van der Waals surface area contributed by atoms with E-state index in [1.807, 2.05) is 0 Å². The molecule has 0 unspecified atom stereocenters. The first-order valence-corrected chi connectivity index (χ1v) is 8.10. The number of hydrogen-bond acceptors (Lipinski definition) is 5. The second-order valence-corrected chi connectivity index (χ2v) is 6.66. The standard InChI is InChI=1S/C11H12ClN5O2S2/c12-9-7-8(11(13)20)1-2-10(9)21(18,19)15-4-6-17-5-3-14-16-17/h1-3,5,7,15H,4,6H2,(H2,13,20). The predicted molar refractivity (Wildman–Crippen MR) is 82.5 cm³/mol. The Hall–Kier alpha value is -1.55. The van der Waals surface area contributed by atoms with Crippen molar-refractivity contribution in [2.24, 2.45) is 5.73 Å². The van der Waals surface area contributed by atoms with Crippen molar-refractivity contribution in [3.8, 4) is 0 Å². The molecular formula is C11H12ClN5O2S2. The lowest BCUT2D eigenvalue weighted by Gasteiger charge is -2.09.